The highest BCUT2D eigenvalue weighted by Gasteiger charge is 2.20. The van der Waals surface area contributed by atoms with Gasteiger partial charge in [0.25, 0.3) is 18.2 Å². The van der Waals surface area contributed by atoms with E-state index in [4.69, 9.17) is 11.6 Å². The number of pyridine rings is 1. The van der Waals surface area contributed by atoms with E-state index in [1.54, 1.807) is 29.8 Å². The van der Waals surface area contributed by atoms with Crippen LogP contribution in [0.1, 0.15) is 50.1 Å². The first kappa shape index (κ1) is 21.7. The number of hydrogen-bond acceptors (Lipinski definition) is 7. The molecule has 164 valence electrons. The quantitative estimate of drug-likeness (QED) is 0.435. The minimum atomic E-state index is -2.80. The SMILES string of the molecule is CC(NC(=O)c1cnc2ncccn12)c1ncc(C(=O)Nc2cc(C(F)F)c(Cl)cn2)s1. The predicted octanol–water partition coefficient (Wildman–Crippen LogP) is 3.92. The Morgan fingerprint density at radius 2 is 1.94 bits per heavy atom. The number of aromatic nitrogens is 5. The number of nitrogens with one attached hydrogen (secondary N) is 2. The maximum absolute atomic E-state index is 13.0. The highest BCUT2D eigenvalue weighted by atomic mass is 35.5. The molecular weight excluding hydrogens is 464 g/mol. The van der Waals surface area contributed by atoms with E-state index in [9.17, 15) is 18.4 Å². The van der Waals surface area contributed by atoms with Gasteiger partial charge in [-0.2, -0.15) is 0 Å². The molecule has 0 aliphatic carbocycles. The molecule has 0 aliphatic heterocycles. The third-order valence-electron chi connectivity index (χ3n) is 4.35. The molecule has 0 bridgehead atoms. The Balaban J connectivity index is 1.44. The number of carbonyl (C=O) groups excluding carboxylic acids is 2. The zero-order valence-corrected chi connectivity index (χ0v) is 17.9. The molecule has 0 fully saturated rings. The van der Waals surface area contributed by atoms with Crippen LogP contribution in [-0.2, 0) is 0 Å². The number of alkyl halides is 2. The Bertz CT molecular complexity index is 1310. The fraction of sp³-hybridized carbons (Fsp3) is 0.158. The van der Waals surface area contributed by atoms with Crippen molar-refractivity contribution in [1.82, 2.24) is 29.7 Å². The highest BCUT2D eigenvalue weighted by molar-refractivity contribution is 7.13. The maximum atomic E-state index is 13.0. The van der Waals surface area contributed by atoms with E-state index in [2.05, 4.69) is 30.6 Å². The molecular formula is C19H14ClF2N7O2S. The Morgan fingerprint density at radius 1 is 1.12 bits per heavy atom. The summed E-state index contributed by atoms with van der Waals surface area (Å²) in [6.07, 6.45) is 4.24. The van der Waals surface area contributed by atoms with Gasteiger partial charge in [0, 0.05) is 24.2 Å². The molecule has 13 heteroatoms. The van der Waals surface area contributed by atoms with Crippen molar-refractivity contribution in [3.8, 4) is 0 Å². The summed E-state index contributed by atoms with van der Waals surface area (Å²) in [6, 6.07) is 2.19. The molecule has 2 N–H and O–H groups in total. The van der Waals surface area contributed by atoms with Crippen LogP contribution >= 0.6 is 22.9 Å². The summed E-state index contributed by atoms with van der Waals surface area (Å²) in [5, 5.41) is 5.52. The lowest BCUT2D eigenvalue weighted by Gasteiger charge is -2.10. The van der Waals surface area contributed by atoms with Gasteiger partial charge in [-0.3, -0.25) is 14.0 Å². The summed E-state index contributed by atoms with van der Waals surface area (Å²) in [4.78, 5) is 41.5. The lowest BCUT2D eigenvalue weighted by Crippen LogP contribution is -2.27. The number of carbonyl (C=O) groups is 2. The summed E-state index contributed by atoms with van der Waals surface area (Å²) in [6.45, 7) is 1.72. The van der Waals surface area contributed by atoms with Crippen LogP contribution < -0.4 is 10.6 Å². The van der Waals surface area contributed by atoms with Gasteiger partial charge in [-0.1, -0.05) is 11.6 Å². The second-order valence-electron chi connectivity index (χ2n) is 6.54. The maximum Gasteiger partial charge on any atom is 0.270 e. The van der Waals surface area contributed by atoms with Gasteiger partial charge in [-0.05, 0) is 19.1 Å². The van der Waals surface area contributed by atoms with Crippen molar-refractivity contribution in [2.24, 2.45) is 0 Å². The van der Waals surface area contributed by atoms with Crippen LogP contribution in [-0.4, -0.2) is 36.2 Å². The number of rotatable bonds is 6. The number of nitrogens with zero attached hydrogens (tertiary/aromatic N) is 5. The Kier molecular flexibility index (Phi) is 6.06. The molecule has 0 saturated carbocycles. The first-order chi connectivity index (χ1) is 15.3. The molecule has 0 saturated heterocycles. The Morgan fingerprint density at radius 3 is 2.72 bits per heavy atom. The van der Waals surface area contributed by atoms with Gasteiger partial charge >= 0.3 is 0 Å². The summed E-state index contributed by atoms with van der Waals surface area (Å²) >= 11 is 6.74. The van der Waals surface area contributed by atoms with Crippen molar-refractivity contribution in [2.45, 2.75) is 19.4 Å². The van der Waals surface area contributed by atoms with E-state index in [1.807, 2.05) is 0 Å². The molecule has 1 atom stereocenters. The van der Waals surface area contributed by atoms with E-state index >= 15 is 0 Å². The number of anilines is 1. The van der Waals surface area contributed by atoms with Gasteiger partial charge in [0.05, 0.1) is 23.5 Å². The van der Waals surface area contributed by atoms with Crippen LogP contribution in [0.3, 0.4) is 0 Å². The van der Waals surface area contributed by atoms with Crippen molar-refractivity contribution < 1.29 is 18.4 Å². The number of halogens is 3. The molecule has 0 radical (unpaired) electrons. The molecule has 32 heavy (non-hydrogen) atoms. The van der Waals surface area contributed by atoms with Crippen LogP contribution in [0, 0.1) is 0 Å². The van der Waals surface area contributed by atoms with Gasteiger partial charge in [-0.25, -0.2) is 28.7 Å². The molecule has 1 unspecified atom stereocenters. The van der Waals surface area contributed by atoms with Crippen molar-refractivity contribution >= 4 is 46.3 Å². The zero-order valence-electron chi connectivity index (χ0n) is 16.3. The van der Waals surface area contributed by atoms with Crippen LogP contribution in [0.5, 0.6) is 0 Å². The molecule has 4 aromatic rings. The van der Waals surface area contributed by atoms with Crippen LogP contribution in [0.15, 0.2) is 43.1 Å². The summed E-state index contributed by atoms with van der Waals surface area (Å²) in [7, 11) is 0. The van der Waals surface area contributed by atoms with Gasteiger partial charge < -0.3 is 10.6 Å². The molecule has 0 aromatic carbocycles. The van der Waals surface area contributed by atoms with Crippen molar-refractivity contribution in [3.05, 3.63) is 69.3 Å². The van der Waals surface area contributed by atoms with E-state index in [0.29, 0.717) is 16.5 Å². The molecule has 4 rings (SSSR count). The standard InChI is InChI=1S/C19H14ClF2N7O2S/c1-9(27-16(30)12-7-26-19-23-3-2-4-29(12)19)18-25-8-13(32-18)17(31)28-14-5-10(15(21)22)11(20)6-24-14/h2-9,15H,1H3,(H,27,30)(H,24,28,31). The third-order valence-corrected chi connectivity index (χ3v) is 5.84. The van der Waals surface area contributed by atoms with Crippen molar-refractivity contribution in [1.29, 1.82) is 0 Å². The third kappa shape index (κ3) is 4.41. The van der Waals surface area contributed by atoms with Crippen LogP contribution in [0.2, 0.25) is 5.02 Å². The number of fused-ring (bicyclic) bond motifs is 1. The average Bonchev–Trinajstić information content (AvgIpc) is 3.42. The zero-order chi connectivity index (χ0) is 22.8. The highest BCUT2D eigenvalue weighted by Crippen LogP contribution is 2.28. The fourth-order valence-corrected chi connectivity index (χ4v) is 3.79. The molecule has 0 spiro atoms. The predicted molar refractivity (Wildman–Crippen MR) is 113 cm³/mol. The minimum Gasteiger partial charge on any atom is -0.342 e. The normalized spacial score (nSPS) is 12.2. The van der Waals surface area contributed by atoms with Gasteiger partial charge in [0.1, 0.15) is 21.4 Å². The lowest BCUT2D eigenvalue weighted by atomic mass is 10.2. The second kappa shape index (κ2) is 8.93. The summed E-state index contributed by atoms with van der Waals surface area (Å²) in [5.41, 5.74) is -0.126. The average molecular weight is 478 g/mol. The molecule has 4 heterocycles. The molecule has 2 amide bonds. The van der Waals surface area contributed by atoms with Gasteiger partial charge in [0.2, 0.25) is 5.78 Å². The first-order valence-corrected chi connectivity index (χ1v) is 10.3. The van der Waals surface area contributed by atoms with Crippen molar-refractivity contribution in [3.63, 3.8) is 0 Å². The summed E-state index contributed by atoms with van der Waals surface area (Å²) < 4.78 is 27.5. The molecule has 4 aromatic heterocycles. The topological polar surface area (TPSA) is 114 Å². The Labute approximate surface area is 188 Å². The van der Waals surface area contributed by atoms with E-state index in [0.717, 1.165) is 23.6 Å². The van der Waals surface area contributed by atoms with E-state index < -0.39 is 23.9 Å². The van der Waals surface area contributed by atoms with Gasteiger partial charge in [0.15, 0.2) is 0 Å². The van der Waals surface area contributed by atoms with Gasteiger partial charge in [-0.15, -0.1) is 11.3 Å². The van der Waals surface area contributed by atoms with E-state index in [-0.39, 0.29) is 21.6 Å². The number of imidazole rings is 1. The largest absolute Gasteiger partial charge is 0.342 e. The monoisotopic (exact) mass is 477 g/mol. The fourth-order valence-electron chi connectivity index (χ4n) is 2.79. The second-order valence-corrected chi connectivity index (χ2v) is 8.01. The molecule has 0 aliphatic rings. The minimum absolute atomic E-state index is 0.0628. The lowest BCUT2D eigenvalue weighted by molar-refractivity contribution is 0.0933. The number of hydrogen-bond donors (Lipinski definition) is 2. The Hall–Kier alpha value is -3.51. The first-order valence-electron chi connectivity index (χ1n) is 9.13. The van der Waals surface area contributed by atoms with Crippen LogP contribution in [0.4, 0.5) is 14.6 Å². The summed E-state index contributed by atoms with van der Waals surface area (Å²) in [5.74, 6) is -0.629. The van der Waals surface area contributed by atoms with Crippen molar-refractivity contribution in [2.75, 3.05) is 5.32 Å². The van der Waals surface area contributed by atoms with E-state index in [1.165, 1.54) is 12.4 Å². The van der Waals surface area contributed by atoms with Crippen LogP contribution in [0.25, 0.3) is 5.78 Å². The number of thiazole rings is 1. The smallest absolute Gasteiger partial charge is 0.270 e. The number of amides is 2. The molecule has 9 nitrogen and oxygen atoms in total.